The summed E-state index contributed by atoms with van der Waals surface area (Å²) in [6, 6.07) is 9.94. The number of ether oxygens (including phenoxy) is 2. The van der Waals surface area contributed by atoms with Crippen molar-refractivity contribution in [1.29, 1.82) is 0 Å². The zero-order valence-corrected chi connectivity index (χ0v) is 16.0. The minimum atomic E-state index is 0.0497. The number of rotatable bonds is 5. The number of hydrogen-bond acceptors (Lipinski definition) is 4. The smallest absolute Gasteiger partial charge is 0.257 e. The second kappa shape index (κ2) is 7.96. The summed E-state index contributed by atoms with van der Waals surface area (Å²) in [6.45, 7) is 5.11. The van der Waals surface area contributed by atoms with E-state index in [2.05, 4.69) is 12.1 Å². The Kier molecular flexibility index (Phi) is 5.67. The number of aryl methyl sites for hydroxylation is 2. The quantitative estimate of drug-likeness (QED) is 0.820. The lowest BCUT2D eigenvalue weighted by molar-refractivity contribution is -0.00304. The highest BCUT2D eigenvalue weighted by Crippen LogP contribution is 2.26. The molecule has 0 unspecified atom stereocenters. The molecule has 5 heteroatoms. The van der Waals surface area contributed by atoms with Gasteiger partial charge in [-0.05, 0) is 50.5 Å². The molecule has 0 saturated carbocycles. The average molecular weight is 357 g/mol. The molecule has 1 aliphatic rings. The number of hydrogen-bond donors (Lipinski definition) is 0. The van der Waals surface area contributed by atoms with Gasteiger partial charge < -0.3 is 18.8 Å². The number of furan rings is 1. The first-order valence-electron chi connectivity index (χ1n) is 9.04. The van der Waals surface area contributed by atoms with Gasteiger partial charge in [-0.25, -0.2) is 0 Å². The first-order chi connectivity index (χ1) is 12.5. The van der Waals surface area contributed by atoms with Crippen molar-refractivity contribution in [3.8, 4) is 5.75 Å². The fraction of sp³-hybridized carbons (Fsp3) is 0.476. The van der Waals surface area contributed by atoms with Gasteiger partial charge in [0, 0.05) is 26.1 Å². The molecule has 1 aromatic carbocycles. The largest absolute Gasteiger partial charge is 0.497 e. The topological polar surface area (TPSA) is 51.9 Å². The highest BCUT2D eigenvalue weighted by Gasteiger charge is 2.33. The zero-order chi connectivity index (χ0) is 18.7. The van der Waals surface area contributed by atoms with Crippen LogP contribution in [0.1, 0.15) is 33.9 Å². The molecule has 0 N–H and O–H groups in total. The number of carbonyl (C=O) groups is 1. The van der Waals surface area contributed by atoms with Crippen molar-refractivity contribution in [1.82, 2.24) is 4.90 Å². The lowest BCUT2D eigenvalue weighted by Crippen LogP contribution is -2.47. The fourth-order valence-corrected chi connectivity index (χ4v) is 3.78. The van der Waals surface area contributed by atoms with Crippen LogP contribution in [0.5, 0.6) is 5.75 Å². The number of carbonyl (C=O) groups excluding carboxylic acids is 1. The van der Waals surface area contributed by atoms with E-state index in [1.165, 1.54) is 5.56 Å². The molecule has 140 valence electrons. The van der Waals surface area contributed by atoms with E-state index in [0.29, 0.717) is 24.4 Å². The molecule has 5 nitrogen and oxygen atoms in total. The predicted octanol–water partition coefficient (Wildman–Crippen LogP) is 3.62. The van der Waals surface area contributed by atoms with Crippen LogP contribution in [0.2, 0.25) is 0 Å². The Morgan fingerprint density at radius 3 is 2.54 bits per heavy atom. The molecule has 1 saturated heterocycles. The minimum absolute atomic E-state index is 0.0497. The van der Waals surface area contributed by atoms with Crippen LogP contribution >= 0.6 is 0 Å². The molecule has 2 aromatic rings. The van der Waals surface area contributed by atoms with E-state index in [0.717, 1.165) is 24.4 Å². The maximum Gasteiger partial charge on any atom is 0.257 e. The maximum absolute atomic E-state index is 12.9. The van der Waals surface area contributed by atoms with Gasteiger partial charge in [0.25, 0.3) is 5.91 Å². The highest BCUT2D eigenvalue weighted by atomic mass is 16.5. The monoisotopic (exact) mass is 357 g/mol. The molecule has 1 aromatic heterocycles. The molecule has 0 radical (unpaired) electrons. The van der Waals surface area contributed by atoms with Crippen molar-refractivity contribution in [3.05, 3.63) is 53.0 Å². The summed E-state index contributed by atoms with van der Waals surface area (Å²) in [5.74, 6) is 2.62. The third-order valence-corrected chi connectivity index (χ3v) is 5.18. The number of nitrogens with zero attached hydrogens (tertiary/aromatic N) is 1. The molecule has 1 fully saturated rings. The molecule has 2 heterocycles. The van der Waals surface area contributed by atoms with Crippen molar-refractivity contribution in [3.63, 3.8) is 0 Å². The van der Waals surface area contributed by atoms with E-state index < -0.39 is 0 Å². The molecular formula is C21H27NO4. The molecule has 1 amide bonds. The first-order valence-corrected chi connectivity index (χ1v) is 9.04. The van der Waals surface area contributed by atoms with E-state index in [1.54, 1.807) is 14.2 Å². The minimum Gasteiger partial charge on any atom is -0.497 e. The number of methoxy groups -OCH3 is 2. The van der Waals surface area contributed by atoms with Crippen LogP contribution in [0.15, 0.2) is 34.7 Å². The van der Waals surface area contributed by atoms with E-state index in [4.69, 9.17) is 13.9 Å². The summed E-state index contributed by atoms with van der Waals surface area (Å²) in [4.78, 5) is 14.9. The van der Waals surface area contributed by atoms with Crippen LogP contribution in [0.25, 0.3) is 0 Å². The summed E-state index contributed by atoms with van der Waals surface area (Å²) in [5.41, 5.74) is 1.89. The van der Waals surface area contributed by atoms with E-state index in [9.17, 15) is 4.79 Å². The standard InChI is InChI=1S/C21H27NO4/c1-14-11-19(15(2)26-14)21(23)22-10-9-20(25-4)17(13-22)12-16-5-7-18(24-3)8-6-16/h5-8,11,17,20H,9-10,12-13H2,1-4H3/t17-,20-/m0/s1. The van der Waals surface area contributed by atoms with Crippen molar-refractivity contribution >= 4 is 5.91 Å². The summed E-state index contributed by atoms with van der Waals surface area (Å²) in [6.07, 6.45) is 1.88. The number of amides is 1. The van der Waals surface area contributed by atoms with Crippen LogP contribution in [-0.2, 0) is 11.2 Å². The van der Waals surface area contributed by atoms with Crippen LogP contribution in [0.4, 0.5) is 0 Å². The van der Waals surface area contributed by atoms with Gasteiger partial charge in [-0.15, -0.1) is 0 Å². The van der Waals surface area contributed by atoms with Crippen molar-refractivity contribution < 1.29 is 18.7 Å². The third-order valence-electron chi connectivity index (χ3n) is 5.18. The number of benzene rings is 1. The molecule has 3 rings (SSSR count). The summed E-state index contributed by atoms with van der Waals surface area (Å²) < 4.78 is 16.5. The Bertz CT molecular complexity index is 750. The van der Waals surface area contributed by atoms with E-state index in [1.807, 2.05) is 36.9 Å². The Morgan fingerprint density at radius 1 is 1.23 bits per heavy atom. The molecule has 2 atom stereocenters. The average Bonchev–Trinajstić information content (AvgIpc) is 3.00. The van der Waals surface area contributed by atoms with Crippen molar-refractivity contribution in [2.45, 2.75) is 32.8 Å². The molecule has 0 bridgehead atoms. The van der Waals surface area contributed by atoms with Gasteiger partial charge in [-0.3, -0.25) is 4.79 Å². The number of likely N-dealkylation sites (tertiary alicyclic amines) is 1. The Labute approximate surface area is 154 Å². The van der Waals surface area contributed by atoms with Gasteiger partial charge in [-0.1, -0.05) is 12.1 Å². The van der Waals surface area contributed by atoms with Crippen LogP contribution in [0.3, 0.4) is 0 Å². The normalized spacial score (nSPS) is 20.2. The van der Waals surface area contributed by atoms with Gasteiger partial charge in [0.05, 0.1) is 18.8 Å². The maximum atomic E-state index is 12.9. The van der Waals surface area contributed by atoms with Gasteiger partial charge >= 0.3 is 0 Å². The third kappa shape index (κ3) is 3.93. The highest BCUT2D eigenvalue weighted by molar-refractivity contribution is 5.95. The Balaban J connectivity index is 1.73. The number of piperidine rings is 1. The lowest BCUT2D eigenvalue weighted by Gasteiger charge is -2.38. The van der Waals surface area contributed by atoms with Crippen LogP contribution in [-0.4, -0.2) is 44.2 Å². The fourth-order valence-electron chi connectivity index (χ4n) is 3.78. The van der Waals surface area contributed by atoms with Crippen LogP contribution < -0.4 is 4.74 Å². The molecule has 0 spiro atoms. The lowest BCUT2D eigenvalue weighted by atomic mass is 9.88. The van der Waals surface area contributed by atoms with Gasteiger partial charge in [-0.2, -0.15) is 0 Å². The second-order valence-electron chi connectivity index (χ2n) is 6.95. The molecule has 26 heavy (non-hydrogen) atoms. The summed E-state index contributed by atoms with van der Waals surface area (Å²) in [5, 5.41) is 0. The van der Waals surface area contributed by atoms with Crippen LogP contribution in [0, 0.1) is 19.8 Å². The Morgan fingerprint density at radius 2 is 1.96 bits per heavy atom. The molecular weight excluding hydrogens is 330 g/mol. The van der Waals surface area contributed by atoms with Gasteiger partial charge in [0.15, 0.2) is 0 Å². The SMILES string of the molecule is COc1ccc(C[C@H]2CN(C(=O)c3cc(C)oc3C)CC[C@@H]2OC)cc1. The summed E-state index contributed by atoms with van der Waals surface area (Å²) in [7, 11) is 3.42. The van der Waals surface area contributed by atoms with Gasteiger partial charge in [0.2, 0.25) is 0 Å². The summed E-state index contributed by atoms with van der Waals surface area (Å²) >= 11 is 0. The predicted molar refractivity (Wildman–Crippen MR) is 99.7 cm³/mol. The Hall–Kier alpha value is -2.27. The van der Waals surface area contributed by atoms with Crippen molar-refractivity contribution in [2.24, 2.45) is 5.92 Å². The van der Waals surface area contributed by atoms with Gasteiger partial charge in [0.1, 0.15) is 17.3 Å². The van der Waals surface area contributed by atoms with E-state index >= 15 is 0 Å². The van der Waals surface area contributed by atoms with E-state index in [-0.39, 0.29) is 17.9 Å². The zero-order valence-electron chi connectivity index (χ0n) is 16.0. The first kappa shape index (κ1) is 18.5. The second-order valence-corrected chi connectivity index (χ2v) is 6.95. The molecule has 1 aliphatic heterocycles. The van der Waals surface area contributed by atoms with Crippen molar-refractivity contribution in [2.75, 3.05) is 27.3 Å². The molecule has 0 aliphatic carbocycles.